The van der Waals surface area contributed by atoms with E-state index >= 15 is 0 Å². The van der Waals surface area contributed by atoms with Crippen LogP contribution in [0.3, 0.4) is 0 Å². The molecule has 0 spiro atoms. The van der Waals surface area contributed by atoms with Gasteiger partial charge in [0.25, 0.3) is 11.8 Å². The number of fused-ring (bicyclic) bond motifs is 1. The molecule has 0 aromatic heterocycles. The Balaban J connectivity index is 1.62. The Morgan fingerprint density at radius 3 is 2.52 bits per heavy atom. The first kappa shape index (κ1) is 19.3. The largest absolute Gasteiger partial charge is 0.483 e. The molecule has 0 radical (unpaired) electrons. The van der Waals surface area contributed by atoms with E-state index < -0.39 is 0 Å². The molecule has 5 nitrogen and oxygen atoms in total. The highest BCUT2D eigenvalue weighted by Crippen LogP contribution is 2.29. The van der Waals surface area contributed by atoms with Crippen LogP contribution in [0.25, 0.3) is 10.8 Å². The van der Waals surface area contributed by atoms with Crippen molar-refractivity contribution >= 4 is 39.9 Å². The molecule has 29 heavy (non-hydrogen) atoms. The maximum atomic E-state index is 13.0. The van der Waals surface area contributed by atoms with Crippen molar-refractivity contribution < 1.29 is 14.3 Å². The lowest BCUT2D eigenvalue weighted by Crippen LogP contribution is -2.30. The lowest BCUT2D eigenvalue weighted by atomic mass is 10.0. The van der Waals surface area contributed by atoms with E-state index in [0.717, 1.165) is 29.2 Å². The summed E-state index contributed by atoms with van der Waals surface area (Å²) in [7, 11) is 0. The standard InChI is InChI=1S/C23H21ClN2O3/c1-14-19(24)7-4-8-20(14)26-23(28)18-11-15-5-2-3-6-16(15)12-21(18)29-13-22(27)25-17-9-10-17/h2-8,11-12,17H,9-10,13H2,1H3,(H,25,27)(H,26,28). The van der Waals surface area contributed by atoms with Gasteiger partial charge in [0.15, 0.2) is 6.61 Å². The van der Waals surface area contributed by atoms with Gasteiger partial charge in [-0.05, 0) is 60.4 Å². The number of carbonyl (C=O) groups excluding carboxylic acids is 2. The van der Waals surface area contributed by atoms with Crippen LogP contribution in [0.2, 0.25) is 5.02 Å². The molecule has 0 bridgehead atoms. The number of nitrogens with one attached hydrogen (secondary N) is 2. The average molecular weight is 409 g/mol. The third-order valence-electron chi connectivity index (χ3n) is 4.91. The quantitative estimate of drug-likeness (QED) is 0.620. The number of anilines is 1. The number of ether oxygens (including phenoxy) is 1. The van der Waals surface area contributed by atoms with E-state index in [1.54, 1.807) is 30.3 Å². The highest BCUT2D eigenvalue weighted by atomic mass is 35.5. The number of hydrogen-bond donors (Lipinski definition) is 2. The monoisotopic (exact) mass is 408 g/mol. The van der Waals surface area contributed by atoms with Crippen LogP contribution in [0.1, 0.15) is 28.8 Å². The van der Waals surface area contributed by atoms with Crippen molar-refractivity contribution in [2.75, 3.05) is 11.9 Å². The molecule has 0 atom stereocenters. The number of halogens is 1. The molecule has 3 aromatic carbocycles. The van der Waals surface area contributed by atoms with Gasteiger partial charge in [0, 0.05) is 16.8 Å². The molecule has 1 fully saturated rings. The molecule has 2 amide bonds. The van der Waals surface area contributed by atoms with Gasteiger partial charge >= 0.3 is 0 Å². The first-order valence-corrected chi connectivity index (χ1v) is 9.90. The molecule has 148 valence electrons. The Morgan fingerprint density at radius 2 is 1.79 bits per heavy atom. The maximum Gasteiger partial charge on any atom is 0.259 e. The molecule has 0 unspecified atom stereocenters. The molecule has 1 aliphatic carbocycles. The van der Waals surface area contributed by atoms with E-state index in [-0.39, 0.29) is 24.5 Å². The summed E-state index contributed by atoms with van der Waals surface area (Å²) in [6, 6.07) is 16.9. The first-order chi connectivity index (χ1) is 14.0. The first-order valence-electron chi connectivity index (χ1n) is 9.52. The summed E-state index contributed by atoms with van der Waals surface area (Å²) in [6.45, 7) is 1.71. The van der Waals surface area contributed by atoms with Gasteiger partial charge in [-0.25, -0.2) is 0 Å². The van der Waals surface area contributed by atoms with E-state index in [0.29, 0.717) is 22.0 Å². The third-order valence-corrected chi connectivity index (χ3v) is 5.32. The Hall–Kier alpha value is -3.05. The van der Waals surface area contributed by atoms with Crippen molar-refractivity contribution in [1.29, 1.82) is 0 Å². The third kappa shape index (κ3) is 4.51. The molecule has 1 aliphatic rings. The number of amides is 2. The van der Waals surface area contributed by atoms with Gasteiger partial charge < -0.3 is 15.4 Å². The summed E-state index contributed by atoms with van der Waals surface area (Å²) in [5.74, 6) is -0.136. The van der Waals surface area contributed by atoms with Crippen LogP contribution < -0.4 is 15.4 Å². The smallest absolute Gasteiger partial charge is 0.259 e. The van der Waals surface area contributed by atoms with Crippen molar-refractivity contribution in [3.8, 4) is 5.75 Å². The molecule has 0 aliphatic heterocycles. The number of carbonyl (C=O) groups is 2. The van der Waals surface area contributed by atoms with E-state index in [9.17, 15) is 9.59 Å². The number of rotatable bonds is 6. The highest BCUT2D eigenvalue weighted by molar-refractivity contribution is 6.31. The van der Waals surface area contributed by atoms with Gasteiger partial charge in [-0.1, -0.05) is 41.9 Å². The lowest BCUT2D eigenvalue weighted by molar-refractivity contribution is -0.123. The van der Waals surface area contributed by atoms with E-state index in [2.05, 4.69) is 10.6 Å². The molecular formula is C23H21ClN2O3. The topological polar surface area (TPSA) is 67.4 Å². The zero-order valence-corrected chi connectivity index (χ0v) is 16.8. The van der Waals surface area contributed by atoms with Gasteiger partial charge in [-0.15, -0.1) is 0 Å². The second-order valence-corrected chi connectivity index (χ2v) is 7.60. The van der Waals surface area contributed by atoms with Crippen molar-refractivity contribution in [1.82, 2.24) is 5.32 Å². The van der Waals surface area contributed by atoms with Gasteiger partial charge in [0.1, 0.15) is 5.75 Å². The molecular weight excluding hydrogens is 388 g/mol. The molecule has 0 heterocycles. The van der Waals surface area contributed by atoms with E-state index in [4.69, 9.17) is 16.3 Å². The van der Waals surface area contributed by atoms with Crippen molar-refractivity contribution in [2.24, 2.45) is 0 Å². The van der Waals surface area contributed by atoms with Gasteiger partial charge in [-0.2, -0.15) is 0 Å². The van der Waals surface area contributed by atoms with Crippen LogP contribution in [-0.2, 0) is 4.79 Å². The molecule has 4 rings (SSSR count). The van der Waals surface area contributed by atoms with Crippen molar-refractivity contribution in [2.45, 2.75) is 25.8 Å². The highest BCUT2D eigenvalue weighted by Gasteiger charge is 2.24. The normalized spacial score (nSPS) is 13.2. The SMILES string of the molecule is Cc1c(Cl)cccc1NC(=O)c1cc2ccccc2cc1OCC(=O)NC1CC1. The zero-order chi connectivity index (χ0) is 20.4. The van der Waals surface area contributed by atoms with Gasteiger partial charge in [-0.3, -0.25) is 9.59 Å². The van der Waals surface area contributed by atoms with Crippen LogP contribution in [-0.4, -0.2) is 24.5 Å². The van der Waals surface area contributed by atoms with Crippen LogP contribution >= 0.6 is 11.6 Å². The molecule has 2 N–H and O–H groups in total. The number of hydrogen-bond acceptors (Lipinski definition) is 3. The van der Waals surface area contributed by atoms with Crippen LogP contribution in [0.4, 0.5) is 5.69 Å². The van der Waals surface area contributed by atoms with Gasteiger partial charge in [0.2, 0.25) is 0 Å². The zero-order valence-electron chi connectivity index (χ0n) is 16.0. The fourth-order valence-corrected chi connectivity index (χ4v) is 3.26. The fourth-order valence-electron chi connectivity index (χ4n) is 3.09. The predicted molar refractivity (Wildman–Crippen MR) is 115 cm³/mol. The summed E-state index contributed by atoms with van der Waals surface area (Å²) in [5.41, 5.74) is 1.78. The summed E-state index contributed by atoms with van der Waals surface area (Å²) in [5, 5.41) is 8.20. The summed E-state index contributed by atoms with van der Waals surface area (Å²) in [4.78, 5) is 25.1. The fraction of sp³-hybridized carbons (Fsp3) is 0.217. The molecule has 6 heteroatoms. The minimum absolute atomic E-state index is 0.134. The van der Waals surface area contributed by atoms with Crippen LogP contribution in [0, 0.1) is 6.92 Å². The predicted octanol–water partition coefficient (Wildman–Crippen LogP) is 4.71. The second kappa shape index (κ2) is 8.13. The molecule has 3 aromatic rings. The molecule has 0 saturated heterocycles. The average Bonchev–Trinajstić information content (AvgIpc) is 3.53. The van der Waals surface area contributed by atoms with Gasteiger partial charge in [0.05, 0.1) is 5.56 Å². The van der Waals surface area contributed by atoms with E-state index in [1.165, 1.54) is 0 Å². The Morgan fingerprint density at radius 1 is 1.07 bits per heavy atom. The Bertz CT molecular complexity index is 1090. The summed E-state index contributed by atoms with van der Waals surface area (Å²) in [6.07, 6.45) is 2.02. The summed E-state index contributed by atoms with van der Waals surface area (Å²) < 4.78 is 5.75. The number of benzene rings is 3. The lowest BCUT2D eigenvalue weighted by Gasteiger charge is -2.14. The Labute approximate surface area is 174 Å². The Kier molecular flexibility index (Phi) is 5.41. The van der Waals surface area contributed by atoms with E-state index in [1.807, 2.05) is 31.2 Å². The van der Waals surface area contributed by atoms with Crippen molar-refractivity contribution in [3.05, 3.63) is 70.7 Å². The van der Waals surface area contributed by atoms with Crippen LogP contribution in [0.15, 0.2) is 54.6 Å². The minimum Gasteiger partial charge on any atom is -0.483 e. The van der Waals surface area contributed by atoms with Crippen molar-refractivity contribution in [3.63, 3.8) is 0 Å². The molecule has 1 saturated carbocycles. The summed E-state index contributed by atoms with van der Waals surface area (Å²) >= 11 is 6.16. The second-order valence-electron chi connectivity index (χ2n) is 7.19. The maximum absolute atomic E-state index is 13.0. The van der Waals surface area contributed by atoms with Crippen LogP contribution in [0.5, 0.6) is 5.75 Å². The minimum atomic E-state index is -0.321.